The number of hydroxylamine groups is 2. The summed E-state index contributed by atoms with van der Waals surface area (Å²) < 4.78 is 0. The highest BCUT2D eigenvalue weighted by Crippen LogP contribution is 2.43. The van der Waals surface area contributed by atoms with Crippen molar-refractivity contribution >= 4 is 52.4 Å². The highest BCUT2D eigenvalue weighted by Gasteiger charge is 2.34. The Morgan fingerprint density at radius 3 is 2.37 bits per heavy atom. The molecule has 7 rings (SSSR count). The molecule has 5 nitrogen and oxygen atoms in total. The van der Waals surface area contributed by atoms with Crippen LogP contribution >= 0.6 is 23.4 Å². The molecule has 0 unspecified atom stereocenters. The fourth-order valence-corrected chi connectivity index (χ4v) is 9.91. The summed E-state index contributed by atoms with van der Waals surface area (Å²) in [7, 11) is 0. The molecule has 2 fully saturated rings. The van der Waals surface area contributed by atoms with E-state index < -0.39 is 5.60 Å². The van der Waals surface area contributed by atoms with Crippen molar-refractivity contribution in [2.45, 2.75) is 127 Å². The van der Waals surface area contributed by atoms with Crippen molar-refractivity contribution in [1.82, 2.24) is 10.0 Å². The standard InChI is InChI=1S/C47H55ClN2O3S/c1-47(2,52)43-19-10-9-13-34(43)23-27-45(36-14-11-12-33(28-36)20-25-40-26-22-35-21-24-39(48)31-44(35)49-40)54-32-38-29-37(38)30-46(51)53-50(41-15-5-3-6-16-41)42-17-7-4-8-18-42/h9-14,19-22,24-26,28,31,41-42,45,52H,3-8,15-18,23,27,29-30,32H2,1-2H3/t45-/m1/s1. The predicted octanol–water partition coefficient (Wildman–Crippen LogP) is 12.2. The number of aryl methyl sites for hydroxylation is 1. The summed E-state index contributed by atoms with van der Waals surface area (Å²) in [5.41, 5.74) is 8.07. The van der Waals surface area contributed by atoms with E-state index in [4.69, 9.17) is 21.4 Å². The molecule has 2 saturated carbocycles. The number of rotatable bonds is 15. The molecule has 0 radical (unpaired) electrons. The van der Waals surface area contributed by atoms with Crippen molar-refractivity contribution < 1.29 is 14.7 Å². The molecule has 1 heterocycles. The summed E-state index contributed by atoms with van der Waals surface area (Å²) >= 11 is 8.20. The minimum Gasteiger partial charge on any atom is -0.386 e. The summed E-state index contributed by atoms with van der Waals surface area (Å²) in [4.78, 5) is 24.5. The first kappa shape index (κ1) is 38.8. The number of fused-ring (bicyclic) bond motifs is 1. The maximum absolute atomic E-state index is 13.4. The average molecular weight is 763 g/mol. The molecule has 54 heavy (non-hydrogen) atoms. The Hall–Kier alpha value is -3.42. The maximum Gasteiger partial charge on any atom is 0.329 e. The molecule has 1 aromatic heterocycles. The molecule has 3 aliphatic rings. The second-order valence-electron chi connectivity index (χ2n) is 16.1. The highest BCUT2D eigenvalue weighted by molar-refractivity contribution is 7.99. The van der Waals surface area contributed by atoms with Crippen LogP contribution in [-0.4, -0.2) is 39.0 Å². The Morgan fingerprint density at radius 2 is 1.63 bits per heavy atom. The molecule has 0 bridgehead atoms. The third-order valence-corrected chi connectivity index (χ3v) is 13.1. The van der Waals surface area contributed by atoms with Gasteiger partial charge >= 0.3 is 5.97 Å². The molecule has 4 aromatic rings. The molecular formula is C47H55ClN2O3S. The van der Waals surface area contributed by atoms with Crippen LogP contribution in [0.1, 0.15) is 131 Å². The fourth-order valence-electron chi connectivity index (χ4n) is 8.41. The Labute approximate surface area is 331 Å². The number of benzene rings is 3. The van der Waals surface area contributed by atoms with Gasteiger partial charge in [-0.3, -0.25) is 4.79 Å². The van der Waals surface area contributed by atoms with Crippen molar-refractivity contribution in [3.63, 3.8) is 0 Å². The molecule has 3 aromatic carbocycles. The van der Waals surface area contributed by atoms with Crippen molar-refractivity contribution in [1.29, 1.82) is 0 Å². The normalized spacial score (nSPS) is 17.8. The fraction of sp³-hybridized carbons (Fsp3) is 0.447. The van der Waals surface area contributed by atoms with Crippen molar-refractivity contribution in [2.24, 2.45) is 0 Å². The monoisotopic (exact) mass is 762 g/mol. The summed E-state index contributed by atoms with van der Waals surface area (Å²) in [6.45, 7) is 3.73. The molecule has 0 saturated heterocycles. The van der Waals surface area contributed by atoms with Gasteiger partial charge in [0.2, 0.25) is 0 Å². The molecule has 1 N–H and O–H groups in total. The van der Waals surface area contributed by atoms with Crippen molar-refractivity contribution in [3.05, 3.63) is 123 Å². The number of aliphatic hydroxyl groups is 1. The Balaban J connectivity index is 1.04. The summed E-state index contributed by atoms with van der Waals surface area (Å²) in [5, 5.41) is 15.1. The summed E-state index contributed by atoms with van der Waals surface area (Å²) in [6, 6.07) is 27.7. The van der Waals surface area contributed by atoms with Crippen LogP contribution in [0.4, 0.5) is 0 Å². The number of hydrogen-bond acceptors (Lipinski definition) is 6. The molecule has 0 amide bonds. The predicted molar refractivity (Wildman–Crippen MR) is 225 cm³/mol. The largest absolute Gasteiger partial charge is 0.386 e. The van der Waals surface area contributed by atoms with Crippen LogP contribution in [0.3, 0.4) is 0 Å². The summed E-state index contributed by atoms with van der Waals surface area (Å²) in [5.74, 6) is 0.823. The van der Waals surface area contributed by atoms with Gasteiger partial charge in [-0.1, -0.05) is 128 Å². The van der Waals surface area contributed by atoms with Crippen LogP contribution in [0.25, 0.3) is 23.1 Å². The quantitative estimate of drug-likeness (QED) is 0.0961. The topological polar surface area (TPSA) is 62.7 Å². The zero-order chi connectivity index (χ0) is 37.5. The number of carbonyl (C=O) groups excluding carboxylic acids is 1. The van der Waals surface area contributed by atoms with E-state index >= 15 is 0 Å². The zero-order valence-corrected chi connectivity index (χ0v) is 33.5. The lowest BCUT2D eigenvalue weighted by molar-refractivity contribution is -0.222. The van der Waals surface area contributed by atoms with Crippen LogP contribution in [-0.2, 0) is 21.7 Å². The van der Waals surface area contributed by atoms with Gasteiger partial charge in [-0.2, -0.15) is 0 Å². The van der Waals surface area contributed by atoms with Crippen LogP contribution in [0, 0.1) is 0 Å². The highest BCUT2D eigenvalue weighted by atomic mass is 35.5. The van der Waals surface area contributed by atoms with Crippen LogP contribution < -0.4 is 0 Å². The number of nitrogens with zero attached hydrogens (tertiary/aromatic N) is 2. The number of halogens is 1. The van der Waals surface area contributed by atoms with Crippen molar-refractivity contribution in [3.8, 4) is 0 Å². The number of carbonyl (C=O) groups is 1. The van der Waals surface area contributed by atoms with Crippen LogP contribution in [0.15, 0.2) is 90.0 Å². The zero-order valence-electron chi connectivity index (χ0n) is 31.9. The minimum absolute atomic E-state index is 0.0792. The van der Waals surface area contributed by atoms with E-state index in [1.54, 1.807) is 0 Å². The van der Waals surface area contributed by atoms with Crippen LogP contribution in [0.5, 0.6) is 0 Å². The molecule has 3 aliphatic carbocycles. The molecule has 0 aliphatic heterocycles. The Kier molecular flexibility index (Phi) is 13.0. The third kappa shape index (κ3) is 10.5. The van der Waals surface area contributed by atoms with Crippen LogP contribution in [0.2, 0.25) is 5.02 Å². The maximum atomic E-state index is 13.4. The van der Waals surface area contributed by atoms with E-state index in [2.05, 4.69) is 59.7 Å². The first-order valence-electron chi connectivity index (χ1n) is 20.2. The number of thioether (sulfide) groups is 1. The van der Waals surface area contributed by atoms with E-state index in [1.807, 2.05) is 62.0 Å². The van der Waals surface area contributed by atoms with E-state index in [0.717, 1.165) is 78.4 Å². The molecule has 7 heteroatoms. The van der Waals surface area contributed by atoms with Gasteiger partial charge < -0.3 is 9.94 Å². The second kappa shape index (κ2) is 18.0. The number of aromatic nitrogens is 1. The van der Waals surface area contributed by atoms with Gasteiger partial charge in [0, 0.05) is 33.5 Å². The molecular weight excluding hydrogens is 708 g/mol. The second-order valence-corrected chi connectivity index (χ2v) is 17.7. The minimum atomic E-state index is -0.905. The Bertz CT molecular complexity index is 1950. The molecule has 1 atom stereocenters. The lowest BCUT2D eigenvalue weighted by atomic mass is 9.90. The van der Waals surface area contributed by atoms with Gasteiger partial charge in [0.05, 0.1) is 23.2 Å². The molecule has 0 spiro atoms. The van der Waals surface area contributed by atoms with Crippen molar-refractivity contribution in [2.75, 3.05) is 5.75 Å². The summed E-state index contributed by atoms with van der Waals surface area (Å²) in [6.07, 6.45) is 19.4. The van der Waals surface area contributed by atoms with Gasteiger partial charge in [0.25, 0.3) is 0 Å². The smallest absolute Gasteiger partial charge is 0.329 e. The third-order valence-electron chi connectivity index (χ3n) is 11.5. The first-order valence-corrected chi connectivity index (χ1v) is 21.6. The number of hydrogen-bond donors (Lipinski definition) is 1. The first-order chi connectivity index (χ1) is 26.2. The average Bonchev–Trinajstić information content (AvgIpc) is 3.93. The van der Waals surface area contributed by atoms with E-state index in [0.29, 0.717) is 23.5 Å². The van der Waals surface area contributed by atoms with E-state index in [1.165, 1.54) is 60.8 Å². The van der Waals surface area contributed by atoms with E-state index in [9.17, 15) is 9.90 Å². The van der Waals surface area contributed by atoms with E-state index in [-0.39, 0.29) is 11.2 Å². The van der Waals surface area contributed by atoms with Gasteiger partial charge in [-0.25, -0.2) is 4.98 Å². The lowest BCUT2D eigenvalue weighted by Gasteiger charge is -2.39. The SMILES string of the molecule is CC(C)(O)c1ccccc1CC[C@@H](SCC1=C(CC(=O)ON(C2CCCCC2)C2CCCCC2)C1)c1cccc(C=Cc2ccc3ccc(Cl)cc3n2)c1. The lowest BCUT2D eigenvalue weighted by Crippen LogP contribution is -2.46. The number of pyridine rings is 1. The van der Waals surface area contributed by atoms with Gasteiger partial charge in [0.1, 0.15) is 0 Å². The molecule has 284 valence electrons. The van der Waals surface area contributed by atoms with Gasteiger partial charge in [-0.15, -0.1) is 16.8 Å². The van der Waals surface area contributed by atoms with Gasteiger partial charge in [0.15, 0.2) is 0 Å². The van der Waals surface area contributed by atoms with Gasteiger partial charge in [-0.05, 0) is 105 Å². The Morgan fingerprint density at radius 1 is 0.907 bits per heavy atom.